The molecular weight excluding hydrogens is 346 g/mol. The third-order valence-corrected chi connectivity index (χ3v) is 5.03. The van der Waals surface area contributed by atoms with Gasteiger partial charge in [0.2, 0.25) is 0 Å². The number of pyridine rings is 1. The van der Waals surface area contributed by atoms with E-state index in [0.717, 1.165) is 16.5 Å². The first kappa shape index (κ1) is 17.1. The molecule has 2 aromatic carbocycles. The highest BCUT2D eigenvalue weighted by molar-refractivity contribution is 5.91. The molecule has 0 fully saturated rings. The zero-order valence-electron chi connectivity index (χ0n) is 15.3. The lowest BCUT2D eigenvalue weighted by atomic mass is 9.86. The van der Waals surface area contributed by atoms with E-state index in [-0.39, 0.29) is 17.9 Å². The molecule has 6 heteroatoms. The summed E-state index contributed by atoms with van der Waals surface area (Å²) in [6.45, 7) is 0. The Bertz CT molecular complexity index is 1120. The maximum Gasteiger partial charge on any atom is 0.312 e. The number of aromatic nitrogens is 1. The number of rotatable bonds is 3. The number of esters is 1. The zero-order chi connectivity index (χ0) is 19.1. The number of fused-ring (bicyclic) bond motifs is 3. The van der Waals surface area contributed by atoms with Crippen LogP contribution in [0.4, 0.5) is 0 Å². The number of carbonyl (C=O) groups excluding carboxylic acids is 1. The highest BCUT2D eigenvalue weighted by atomic mass is 16.5. The van der Waals surface area contributed by atoms with Gasteiger partial charge in [-0.3, -0.25) is 9.59 Å². The van der Waals surface area contributed by atoms with E-state index in [1.807, 2.05) is 30.3 Å². The van der Waals surface area contributed by atoms with Gasteiger partial charge >= 0.3 is 5.97 Å². The SMILES string of the molecule is COc1ccc([C@@H]2CC(=O)Oc3c2c(=O)n(C)c2ccccc32)cc1OC. The molecule has 0 amide bonds. The second-order valence-electron chi connectivity index (χ2n) is 6.47. The van der Waals surface area contributed by atoms with Gasteiger partial charge in [0.25, 0.3) is 5.56 Å². The van der Waals surface area contributed by atoms with Crippen molar-refractivity contribution in [2.45, 2.75) is 12.3 Å². The molecule has 0 bridgehead atoms. The quantitative estimate of drug-likeness (QED) is 0.668. The summed E-state index contributed by atoms with van der Waals surface area (Å²) in [5, 5.41) is 0.744. The smallest absolute Gasteiger partial charge is 0.312 e. The Hall–Kier alpha value is -3.28. The molecule has 3 aromatic rings. The summed E-state index contributed by atoms with van der Waals surface area (Å²) >= 11 is 0. The van der Waals surface area contributed by atoms with Crippen LogP contribution in [0.2, 0.25) is 0 Å². The van der Waals surface area contributed by atoms with E-state index in [1.54, 1.807) is 38.0 Å². The molecule has 4 rings (SSSR count). The molecule has 0 spiro atoms. The molecule has 138 valence electrons. The number of ether oxygens (including phenoxy) is 3. The van der Waals surface area contributed by atoms with Gasteiger partial charge in [-0.1, -0.05) is 18.2 Å². The molecule has 6 nitrogen and oxygen atoms in total. The normalized spacial score (nSPS) is 16.0. The molecule has 0 unspecified atom stereocenters. The first-order valence-corrected chi connectivity index (χ1v) is 8.59. The van der Waals surface area contributed by atoms with Crippen molar-refractivity contribution in [1.29, 1.82) is 0 Å². The number of carbonyl (C=O) groups is 1. The first-order valence-electron chi connectivity index (χ1n) is 8.59. The molecule has 2 heterocycles. The van der Waals surface area contributed by atoms with Crippen LogP contribution in [0, 0.1) is 0 Å². The Morgan fingerprint density at radius 3 is 2.52 bits per heavy atom. The van der Waals surface area contributed by atoms with Crippen LogP contribution < -0.4 is 19.8 Å². The fourth-order valence-electron chi connectivity index (χ4n) is 3.69. The van der Waals surface area contributed by atoms with Crippen LogP contribution in [-0.4, -0.2) is 24.8 Å². The number of methoxy groups -OCH3 is 2. The van der Waals surface area contributed by atoms with E-state index < -0.39 is 5.92 Å². The van der Waals surface area contributed by atoms with Crippen LogP contribution in [0.3, 0.4) is 0 Å². The lowest BCUT2D eigenvalue weighted by Crippen LogP contribution is -2.31. The second kappa shape index (κ2) is 6.46. The van der Waals surface area contributed by atoms with E-state index in [1.165, 1.54) is 0 Å². The lowest BCUT2D eigenvalue weighted by Gasteiger charge is -2.26. The van der Waals surface area contributed by atoms with Crippen molar-refractivity contribution in [3.05, 3.63) is 63.9 Å². The Kier molecular flexibility index (Phi) is 4.11. The van der Waals surface area contributed by atoms with Gasteiger partial charge in [0, 0.05) is 18.4 Å². The Labute approximate surface area is 155 Å². The summed E-state index contributed by atoms with van der Waals surface area (Å²) < 4.78 is 17.8. The third kappa shape index (κ3) is 2.65. The maximum absolute atomic E-state index is 13.1. The zero-order valence-corrected chi connectivity index (χ0v) is 15.3. The van der Waals surface area contributed by atoms with Crippen molar-refractivity contribution in [3.8, 4) is 17.2 Å². The molecule has 1 aliphatic rings. The number of aryl methyl sites for hydroxylation is 1. The average Bonchev–Trinajstić information content (AvgIpc) is 2.70. The molecule has 27 heavy (non-hydrogen) atoms. The summed E-state index contributed by atoms with van der Waals surface area (Å²) in [5.41, 5.74) is 1.85. The van der Waals surface area contributed by atoms with Gasteiger partial charge in [-0.25, -0.2) is 0 Å². The van der Waals surface area contributed by atoms with Crippen LogP contribution >= 0.6 is 0 Å². The highest BCUT2D eigenvalue weighted by Crippen LogP contribution is 2.42. The van der Waals surface area contributed by atoms with Crippen molar-refractivity contribution < 1.29 is 19.0 Å². The van der Waals surface area contributed by atoms with Crippen molar-refractivity contribution in [2.75, 3.05) is 14.2 Å². The number of hydrogen-bond donors (Lipinski definition) is 0. The van der Waals surface area contributed by atoms with Crippen molar-refractivity contribution in [2.24, 2.45) is 7.05 Å². The Balaban J connectivity index is 1.99. The van der Waals surface area contributed by atoms with Crippen molar-refractivity contribution >= 4 is 16.9 Å². The van der Waals surface area contributed by atoms with Gasteiger partial charge in [-0.05, 0) is 29.8 Å². The van der Waals surface area contributed by atoms with E-state index in [9.17, 15) is 9.59 Å². The first-order chi connectivity index (χ1) is 13.0. The third-order valence-electron chi connectivity index (χ3n) is 5.03. The standard InChI is InChI=1S/C21H19NO5/c1-22-15-7-5-4-6-13(15)20-19(21(22)24)14(11-18(23)27-20)12-8-9-16(25-2)17(10-12)26-3/h4-10,14H,11H2,1-3H3/t14-/m0/s1. The Morgan fingerprint density at radius 1 is 1.04 bits per heavy atom. The van der Waals surface area contributed by atoms with Crippen LogP contribution in [-0.2, 0) is 11.8 Å². The van der Waals surface area contributed by atoms with Crippen molar-refractivity contribution in [1.82, 2.24) is 4.57 Å². The molecule has 0 saturated carbocycles. The molecule has 1 atom stereocenters. The predicted octanol–water partition coefficient (Wildman–Crippen LogP) is 3.00. The largest absolute Gasteiger partial charge is 0.493 e. The predicted molar refractivity (Wildman–Crippen MR) is 101 cm³/mol. The van der Waals surface area contributed by atoms with E-state index in [4.69, 9.17) is 14.2 Å². The van der Waals surface area contributed by atoms with Gasteiger partial charge in [0.15, 0.2) is 11.5 Å². The highest BCUT2D eigenvalue weighted by Gasteiger charge is 2.34. The lowest BCUT2D eigenvalue weighted by molar-refractivity contribution is -0.135. The number of benzene rings is 2. The van der Waals surface area contributed by atoms with Crippen LogP contribution in [0.15, 0.2) is 47.3 Å². The number of nitrogens with zero attached hydrogens (tertiary/aromatic N) is 1. The summed E-state index contributed by atoms with van der Waals surface area (Å²) in [6, 6.07) is 12.8. The van der Waals surface area contributed by atoms with Crippen molar-refractivity contribution in [3.63, 3.8) is 0 Å². The Morgan fingerprint density at radius 2 is 1.78 bits per heavy atom. The van der Waals surface area contributed by atoms with Crippen LogP contribution in [0.1, 0.15) is 23.5 Å². The number of para-hydroxylation sites is 1. The second-order valence-corrected chi connectivity index (χ2v) is 6.47. The molecule has 1 aliphatic heterocycles. The fraction of sp³-hybridized carbons (Fsp3) is 0.238. The fourth-order valence-corrected chi connectivity index (χ4v) is 3.69. The number of hydrogen-bond acceptors (Lipinski definition) is 5. The molecule has 0 radical (unpaired) electrons. The molecule has 0 saturated heterocycles. The van der Waals surface area contributed by atoms with E-state index >= 15 is 0 Å². The van der Waals surface area contributed by atoms with Gasteiger partial charge in [-0.2, -0.15) is 0 Å². The van der Waals surface area contributed by atoms with E-state index in [2.05, 4.69) is 0 Å². The van der Waals surface area contributed by atoms with E-state index in [0.29, 0.717) is 22.8 Å². The summed E-state index contributed by atoms with van der Waals surface area (Å²) in [7, 11) is 4.84. The average molecular weight is 365 g/mol. The minimum atomic E-state index is -0.413. The van der Waals surface area contributed by atoms with Gasteiger partial charge in [0.1, 0.15) is 5.75 Å². The van der Waals surface area contributed by atoms with Crippen LogP contribution in [0.5, 0.6) is 17.2 Å². The maximum atomic E-state index is 13.1. The minimum Gasteiger partial charge on any atom is -0.493 e. The minimum absolute atomic E-state index is 0.0933. The van der Waals surface area contributed by atoms with Crippen LogP contribution in [0.25, 0.3) is 10.9 Å². The monoisotopic (exact) mass is 365 g/mol. The summed E-state index contributed by atoms with van der Waals surface area (Å²) in [5.74, 6) is 0.717. The van der Waals surface area contributed by atoms with Gasteiger partial charge < -0.3 is 18.8 Å². The summed E-state index contributed by atoms with van der Waals surface area (Å²) in [4.78, 5) is 25.5. The van der Waals surface area contributed by atoms with Gasteiger partial charge in [-0.15, -0.1) is 0 Å². The molecule has 0 N–H and O–H groups in total. The molecule has 0 aliphatic carbocycles. The van der Waals surface area contributed by atoms with Gasteiger partial charge in [0.05, 0.1) is 31.7 Å². The molecule has 1 aromatic heterocycles. The summed E-state index contributed by atoms with van der Waals surface area (Å²) in [6.07, 6.45) is 0.0933. The molecular formula is C21H19NO5. The topological polar surface area (TPSA) is 66.8 Å².